The molecular formula is C18H18ClNO4. The van der Waals surface area contributed by atoms with E-state index >= 15 is 0 Å². The first kappa shape index (κ1) is 17.8. The summed E-state index contributed by atoms with van der Waals surface area (Å²) in [7, 11) is 1.49. The van der Waals surface area contributed by atoms with E-state index in [2.05, 4.69) is 0 Å². The number of hydrogen-bond donors (Lipinski definition) is 0. The summed E-state index contributed by atoms with van der Waals surface area (Å²) in [5.74, 6) is 2.14. The topological polar surface area (TPSA) is 60.7 Å². The van der Waals surface area contributed by atoms with Crippen LogP contribution in [0.5, 0.6) is 23.0 Å². The second kappa shape index (κ2) is 8.90. The molecule has 2 aromatic carbocycles. The van der Waals surface area contributed by atoms with Crippen LogP contribution in [-0.4, -0.2) is 26.9 Å². The maximum Gasteiger partial charge on any atom is 0.179 e. The highest BCUT2D eigenvalue weighted by atomic mass is 35.5. The van der Waals surface area contributed by atoms with Crippen molar-refractivity contribution in [2.45, 2.75) is 6.92 Å². The fourth-order valence-corrected chi connectivity index (χ4v) is 2.33. The molecule has 0 saturated carbocycles. The normalized spacial score (nSPS) is 9.92. The summed E-state index contributed by atoms with van der Waals surface area (Å²) < 4.78 is 22.0. The van der Waals surface area contributed by atoms with Gasteiger partial charge in [0.05, 0.1) is 30.4 Å². The third-order valence-electron chi connectivity index (χ3n) is 3.09. The van der Waals surface area contributed by atoms with Gasteiger partial charge in [-0.2, -0.15) is 5.26 Å². The first-order valence-corrected chi connectivity index (χ1v) is 7.82. The number of hydrogen-bond acceptors (Lipinski definition) is 5. The number of halogens is 1. The van der Waals surface area contributed by atoms with Crippen LogP contribution in [0.3, 0.4) is 0 Å². The lowest BCUT2D eigenvalue weighted by Crippen LogP contribution is -2.10. The van der Waals surface area contributed by atoms with E-state index in [1.165, 1.54) is 13.2 Å². The number of methoxy groups -OCH3 is 1. The summed E-state index contributed by atoms with van der Waals surface area (Å²) in [6.45, 7) is 3.06. The second-order valence-electron chi connectivity index (χ2n) is 4.68. The van der Waals surface area contributed by atoms with E-state index in [-0.39, 0.29) is 6.61 Å². The second-order valence-corrected chi connectivity index (χ2v) is 5.09. The number of para-hydroxylation sites is 2. The molecule has 0 spiro atoms. The Labute approximate surface area is 146 Å². The molecule has 2 aromatic rings. The molecule has 126 valence electrons. The van der Waals surface area contributed by atoms with Gasteiger partial charge in [0.2, 0.25) is 0 Å². The van der Waals surface area contributed by atoms with Crippen LogP contribution in [0, 0.1) is 11.3 Å². The SMILES string of the molecule is CCOc1ccccc1OCCOc1c(Cl)cc(C#N)cc1OC. The standard InChI is InChI=1S/C18H18ClNO4/c1-3-22-15-6-4-5-7-16(15)23-8-9-24-18-14(19)10-13(12-20)11-17(18)21-2/h4-7,10-11H,3,8-9H2,1-2H3. The molecule has 0 bridgehead atoms. The van der Waals surface area contributed by atoms with Gasteiger partial charge < -0.3 is 18.9 Å². The molecule has 0 N–H and O–H groups in total. The van der Waals surface area contributed by atoms with Crippen molar-refractivity contribution in [1.29, 1.82) is 5.26 Å². The first-order chi connectivity index (χ1) is 11.7. The van der Waals surface area contributed by atoms with Gasteiger partial charge >= 0.3 is 0 Å². The molecule has 0 aliphatic heterocycles. The monoisotopic (exact) mass is 347 g/mol. The summed E-state index contributed by atoms with van der Waals surface area (Å²) in [5, 5.41) is 9.27. The summed E-state index contributed by atoms with van der Waals surface area (Å²) in [6, 6.07) is 12.6. The summed E-state index contributed by atoms with van der Waals surface area (Å²) in [4.78, 5) is 0. The van der Waals surface area contributed by atoms with E-state index in [1.54, 1.807) is 6.07 Å². The Morgan fingerprint density at radius 1 is 1.00 bits per heavy atom. The third-order valence-corrected chi connectivity index (χ3v) is 3.38. The van der Waals surface area contributed by atoms with Crippen LogP contribution in [0.15, 0.2) is 36.4 Å². The molecule has 24 heavy (non-hydrogen) atoms. The predicted octanol–water partition coefficient (Wildman–Crippen LogP) is 4.08. The number of ether oxygens (including phenoxy) is 4. The smallest absolute Gasteiger partial charge is 0.179 e. The van der Waals surface area contributed by atoms with Crippen LogP contribution >= 0.6 is 11.6 Å². The van der Waals surface area contributed by atoms with E-state index in [4.69, 9.17) is 35.8 Å². The number of rotatable bonds is 8. The van der Waals surface area contributed by atoms with Gasteiger partial charge in [-0.15, -0.1) is 0 Å². The van der Waals surface area contributed by atoms with Crippen LogP contribution < -0.4 is 18.9 Å². The first-order valence-electron chi connectivity index (χ1n) is 7.44. The molecular weight excluding hydrogens is 330 g/mol. The van der Waals surface area contributed by atoms with E-state index in [0.29, 0.717) is 46.8 Å². The minimum atomic E-state index is 0.266. The van der Waals surface area contributed by atoms with Crippen molar-refractivity contribution in [3.05, 3.63) is 47.0 Å². The molecule has 6 heteroatoms. The van der Waals surface area contributed by atoms with Crippen molar-refractivity contribution in [2.75, 3.05) is 26.9 Å². The van der Waals surface area contributed by atoms with E-state index in [0.717, 1.165) is 0 Å². The molecule has 0 aliphatic rings. The average molecular weight is 348 g/mol. The Bertz CT molecular complexity index is 727. The average Bonchev–Trinajstić information content (AvgIpc) is 2.60. The summed E-state index contributed by atoms with van der Waals surface area (Å²) in [6.07, 6.45) is 0. The van der Waals surface area contributed by atoms with Crippen molar-refractivity contribution in [3.63, 3.8) is 0 Å². The van der Waals surface area contributed by atoms with Gasteiger partial charge in [0.25, 0.3) is 0 Å². The lowest BCUT2D eigenvalue weighted by atomic mass is 10.2. The van der Waals surface area contributed by atoms with Crippen molar-refractivity contribution in [3.8, 4) is 29.1 Å². The molecule has 2 rings (SSSR count). The maximum absolute atomic E-state index is 8.95. The van der Waals surface area contributed by atoms with Gasteiger partial charge in [-0.25, -0.2) is 0 Å². The predicted molar refractivity (Wildman–Crippen MR) is 91.3 cm³/mol. The number of nitriles is 1. The van der Waals surface area contributed by atoms with Crippen LogP contribution in [-0.2, 0) is 0 Å². The number of nitrogens with zero attached hydrogens (tertiary/aromatic N) is 1. The lowest BCUT2D eigenvalue weighted by Gasteiger charge is -2.14. The highest BCUT2D eigenvalue weighted by Gasteiger charge is 2.12. The van der Waals surface area contributed by atoms with Gasteiger partial charge in [-0.1, -0.05) is 23.7 Å². The van der Waals surface area contributed by atoms with Gasteiger partial charge in [-0.3, -0.25) is 0 Å². The molecule has 0 radical (unpaired) electrons. The molecule has 0 atom stereocenters. The van der Waals surface area contributed by atoms with Crippen molar-refractivity contribution in [1.82, 2.24) is 0 Å². The quantitative estimate of drug-likeness (QED) is 0.673. The molecule has 0 unspecified atom stereocenters. The fourth-order valence-electron chi connectivity index (χ4n) is 2.06. The van der Waals surface area contributed by atoms with E-state index < -0.39 is 0 Å². The highest BCUT2D eigenvalue weighted by Crippen LogP contribution is 2.36. The van der Waals surface area contributed by atoms with Gasteiger partial charge in [-0.05, 0) is 25.1 Å². The zero-order valence-electron chi connectivity index (χ0n) is 13.5. The van der Waals surface area contributed by atoms with Crippen LogP contribution in [0.25, 0.3) is 0 Å². The Balaban J connectivity index is 1.97. The molecule has 0 amide bonds. The Hall–Kier alpha value is -2.58. The summed E-state index contributed by atoms with van der Waals surface area (Å²) >= 11 is 6.14. The fraction of sp³-hybridized carbons (Fsp3) is 0.278. The highest BCUT2D eigenvalue weighted by molar-refractivity contribution is 6.32. The molecule has 0 saturated heterocycles. The van der Waals surface area contributed by atoms with Crippen molar-refractivity contribution in [2.24, 2.45) is 0 Å². The maximum atomic E-state index is 8.95. The van der Waals surface area contributed by atoms with Gasteiger partial charge in [0.15, 0.2) is 23.0 Å². The molecule has 0 heterocycles. The van der Waals surface area contributed by atoms with E-state index in [1.807, 2.05) is 37.3 Å². The zero-order valence-corrected chi connectivity index (χ0v) is 14.3. The van der Waals surface area contributed by atoms with Gasteiger partial charge in [0, 0.05) is 6.07 Å². The minimum Gasteiger partial charge on any atom is -0.493 e. The lowest BCUT2D eigenvalue weighted by molar-refractivity contribution is 0.203. The molecule has 0 aromatic heterocycles. The Morgan fingerprint density at radius 3 is 2.29 bits per heavy atom. The Morgan fingerprint density at radius 2 is 1.67 bits per heavy atom. The Kier molecular flexibility index (Phi) is 6.59. The molecule has 5 nitrogen and oxygen atoms in total. The summed E-state index contributed by atoms with van der Waals surface area (Å²) in [5.41, 5.74) is 0.408. The van der Waals surface area contributed by atoms with Gasteiger partial charge in [0.1, 0.15) is 13.2 Å². The van der Waals surface area contributed by atoms with Crippen molar-refractivity contribution >= 4 is 11.6 Å². The third kappa shape index (κ3) is 4.46. The van der Waals surface area contributed by atoms with E-state index in [9.17, 15) is 0 Å². The molecule has 0 aliphatic carbocycles. The largest absolute Gasteiger partial charge is 0.493 e. The van der Waals surface area contributed by atoms with Crippen LogP contribution in [0.4, 0.5) is 0 Å². The zero-order chi connectivity index (χ0) is 17.4. The van der Waals surface area contributed by atoms with Crippen molar-refractivity contribution < 1.29 is 18.9 Å². The minimum absolute atomic E-state index is 0.266. The molecule has 0 fully saturated rings. The number of benzene rings is 2. The van der Waals surface area contributed by atoms with Crippen LogP contribution in [0.2, 0.25) is 5.02 Å². The van der Waals surface area contributed by atoms with Crippen LogP contribution in [0.1, 0.15) is 12.5 Å².